The zero-order valence-corrected chi connectivity index (χ0v) is 7.36. The fraction of sp³-hybridized carbons (Fsp3) is 0.250. The van der Waals surface area contributed by atoms with Crippen LogP contribution in [0.25, 0.3) is 0 Å². The molecule has 0 bridgehead atoms. The van der Waals surface area contributed by atoms with Gasteiger partial charge in [-0.1, -0.05) is 0 Å². The number of ether oxygens (including phenoxy) is 2. The Bertz CT molecular complexity index is 260. The standard InChI is InChI=1S/C8H10O5/c1-5(9)4-7(10)13-6(2)8(11)12-3/h4,9H,2H2,1,3H3. The van der Waals surface area contributed by atoms with Gasteiger partial charge in [0, 0.05) is 0 Å². The minimum atomic E-state index is -0.879. The van der Waals surface area contributed by atoms with Gasteiger partial charge in [0.05, 0.1) is 18.9 Å². The molecule has 5 heteroatoms. The Hall–Kier alpha value is -1.78. The van der Waals surface area contributed by atoms with Crippen molar-refractivity contribution in [3.8, 4) is 0 Å². The fourth-order valence-corrected chi connectivity index (χ4v) is 0.477. The van der Waals surface area contributed by atoms with Gasteiger partial charge in [-0.05, 0) is 13.5 Å². The molecule has 0 saturated carbocycles. The highest BCUT2D eigenvalue weighted by Crippen LogP contribution is 1.98. The van der Waals surface area contributed by atoms with Crippen molar-refractivity contribution in [3.63, 3.8) is 0 Å². The lowest BCUT2D eigenvalue weighted by molar-refractivity contribution is -0.147. The van der Waals surface area contributed by atoms with Gasteiger partial charge in [-0.15, -0.1) is 0 Å². The average molecular weight is 186 g/mol. The number of esters is 2. The minimum absolute atomic E-state index is 0.220. The molecule has 5 nitrogen and oxygen atoms in total. The number of aliphatic hydroxyl groups excluding tert-OH is 1. The van der Waals surface area contributed by atoms with Gasteiger partial charge in [0.2, 0.25) is 5.76 Å². The van der Waals surface area contributed by atoms with Gasteiger partial charge in [0.15, 0.2) is 0 Å². The maximum absolute atomic E-state index is 10.8. The van der Waals surface area contributed by atoms with E-state index in [0.717, 1.165) is 13.2 Å². The first-order valence-corrected chi connectivity index (χ1v) is 3.33. The number of aliphatic hydroxyl groups is 1. The number of methoxy groups -OCH3 is 1. The molecule has 0 spiro atoms. The van der Waals surface area contributed by atoms with E-state index < -0.39 is 17.7 Å². The molecule has 0 fully saturated rings. The van der Waals surface area contributed by atoms with Crippen LogP contribution >= 0.6 is 0 Å². The van der Waals surface area contributed by atoms with Crippen molar-refractivity contribution in [2.75, 3.05) is 7.11 Å². The summed E-state index contributed by atoms with van der Waals surface area (Å²) in [4.78, 5) is 21.4. The first kappa shape index (κ1) is 11.2. The molecule has 0 aromatic heterocycles. The van der Waals surface area contributed by atoms with E-state index in [-0.39, 0.29) is 5.76 Å². The van der Waals surface area contributed by atoms with Crippen LogP contribution in [0.4, 0.5) is 0 Å². The molecule has 0 rings (SSSR count). The molecule has 0 heterocycles. The van der Waals surface area contributed by atoms with Crippen LogP contribution in [0, 0.1) is 0 Å². The third kappa shape index (κ3) is 4.62. The lowest BCUT2D eigenvalue weighted by Gasteiger charge is -2.01. The van der Waals surface area contributed by atoms with E-state index in [1.807, 2.05) is 0 Å². The van der Waals surface area contributed by atoms with E-state index in [1.54, 1.807) is 0 Å². The molecule has 1 N–H and O–H groups in total. The summed E-state index contributed by atoms with van der Waals surface area (Å²) in [6.07, 6.45) is 0.814. The monoisotopic (exact) mass is 186 g/mol. The van der Waals surface area contributed by atoms with Crippen LogP contribution in [0.2, 0.25) is 0 Å². The number of hydrogen-bond acceptors (Lipinski definition) is 5. The lowest BCUT2D eigenvalue weighted by atomic mass is 10.5. The largest absolute Gasteiger partial charge is 0.512 e. The molecule has 0 aromatic carbocycles. The summed E-state index contributed by atoms with van der Waals surface area (Å²) in [6, 6.07) is 0. The van der Waals surface area contributed by atoms with Gasteiger partial charge in [-0.25, -0.2) is 9.59 Å². The molecular weight excluding hydrogens is 176 g/mol. The van der Waals surface area contributed by atoms with Gasteiger partial charge in [0.25, 0.3) is 0 Å². The van der Waals surface area contributed by atoms with Gasteiger partial charge in [-0.2, -0.15) is 0 Å². The van der Waals surface area contributed by atoms with Gasteiger partial charge in [0.1, 0.15) is 0 Å². The Labute approximate surface area is 75.3 Å². The summed E-state index contributed by atoms with van der Waals surface area (Å²) in [5.41, 5.74) is 0. The Morgan fingerprint density at radius 2 is 2.00 bits per heavy atom. The predicted octanol–water partition coefficient (Wildman–Crippen LogP) is 0.678. The molecule has 0 saturated heterocycles. The normalized spacial score (nSPS) is 10.5. The maximum Gasteiger partial charge on any atom is 0.373 e. The zero-order chi connectivity index (χ0) is 10.4. The molecule has 0 aromatic rings. The third-order valence-corrected chi connectivity index (χ3v) is 0.964. The topological polar surface area (TPSA) is 72.8 Å². The van der Waals surface area contributed by atoms with E-state index in [1.165, 1.54) is 6.92 Å². The van der Waals surface area contributed by atoms with E-state index in [2.05, 4.69) is 16.1 Å². The molecule has 0 aliphatic rings. The smallest absolute Gasteiger partial charge is 0.373 e. The number of rotatable bonds is 3. The van der Waals surface area contributed by atoms with Gasteiger partial charge in [-0.3, -0.25) is 0 Å². The molecular formula is C8H10O5. The van der Waals surface area contributed by atoms with Gasteiger partial charge >= 0.3 is 11.9 Å². The van der Waals surface area contributed by atoms with Crippen molar-refractivity contribution < 1.29 is 24.2 Å². The summed E-state index contributed by atoms with van der Waals surface area (Å²) in [5, 5.41) is 8.65. The fourth-order valence-electron chi connectivity index (χ4n) is 0.477. The highest BCUT2D eigenvalue weighted by atomic mass is 16.6. The number of carbonyl (C=O) groups is 2. The molecule has 0 aliphatic heterocycles. The van der Waals surface area contributed by atoms with E-state index in [9.17, 15) is 9.59 Å². The number of hydrogen-bond donors (Lipinski definition) is 1. The van der Waals surface area contributed by atoms with Crippen LogP contribution in [0.5, 0.6) is 0 Å². The second-order valence-electron chi connectivity index (χ2n) is 2.12. The first-order chi connectivity index (χ1) is 5.97. The Kier molecular flexibility index (Phi) is 4.29. The zero-order valence-electron chi connectivity index (χ0n) is 7.36. The summed E-state index contributed by atoms with van der Waals surface area (Å²) in [7, 11) is 1.13. The lowest BCUT2D eigenvalue weighted by Crippen LogP contribution is -2.10. The Balaban J connectivity index is 4.15. The van der Waals surface area contributed by atoms with Crippen LogP contribution in [0.1, 0.15) is 6.92 Å². The van der Waals surface area contributed by atoms with Crippen molar-refractivity contribution in [2.24, 2.45) is 0 Å². The third-order valence-electron chi connectivity index (χ3n) is 0.964. The van der Waals surface area contributed by atoms with E-state index in [0.29, 0.717) is 0 Å². The number of carbonyl (C=O) groups excluding carboxylic acids is 2. The van der Waals surface area contributed by atoms with Crippen LogP contribution in [-0.2, 0) is 19.1 Å². The van der Waals surface area contributed by atoms with Crippen LogP contribution in [0.3, 0.4) is 0 Å². The Morgan fingerprint density at radius 1 is 1.46 bits per heavy atom. The molecule has 0 radical (unpaired) electrons. The average Bonchev–Trinajstić information content (AvgIpc) is 2.01. The van der Waals surface area contributed by atoms with Crippen molar-refractivity contribution in [3.05, 3.63) is 24.2 Å². The number of allylic oxidation sites excluding steroid dienone is 1. The van der Waals surface area contributed by atoms with E-state index in [4.69, 9.17) is 5.11 Å². The maximum atomic E-state index is 10.8. The summed E-state index contributed by atoms with van der Waals surface area (Å²) in [6.45, 7) is 4.44. The van der Waals surface area contributed by atoms with Crippen molar-refractivity contribution in [1.29, 1.82) is 0 Å². The van der Waals surface area contributed by atoms with Crippen LogP contribution < -0.4 is 0 Å². The van der Waals surface area contributed by atoms with Crippen LogP contribution in [0.15, 0.2) is 24.2 Å². The van der Waals surface area contributed by atoms with E-state index >= 15 is 0 Å². The van der Waals surface area contributed by atoms with Crippen LogP contribution in [-0.4, -0.2) is 24.2 Å². The minimum Gasteiger partial charge on any atom is -0.512 e. The van der Waals surface area contributed by atoms with Crippen molar-refractivity contribution in [2.45, 2.75) is 6.92 Å². The quantitative estimate of drug-likeness (QED) is 0.398. The second-order valence-corrected chi connectivity index (χ2v) is 2.12. The highest BCUT2D eigenvalue weighted by molar-refractivity contribution is 5.91. The van der Waals surface area contributed by atoms with Gasteiger partial charge < -0.3 is 14.6 Å². The molecule has 13 heavy (non-hydrogen) atoms. The predicted molar refractivity (Wildman–Crippen MR) is 43.6 cm³/mol. The summed E-state index contributed by atoms with van der Waals surface area (Å²) in [5.74, 6) is -2.36. The molecule has 0 amide bonds. The summed E-state index contributed by atoms with van der Waals surface area (Å²) < 4.78 is 8.59. The molecule has 0 unspecified atom stereocenters. The SMILES string of the molecule is C=C(OC(=O)C=C(C)O)C(=O)OC. The molecule has 72 valence electrons. The van der Waals surface area contributed by atoms with Crippen molar-refractivity contribution in [1.82, 2.24) is 0 Å². The second kappa shape index (κ2) is 4.97. The Morgan fingerprint density at radius 3 is 2.38 bits per heavy atom. The molecule has 0 atom stereocenters. The first-order valence-electron chi connectivity index (χ1n) is 3.33. The highest BCUT2D eigenvalue weighted by Gasteiger charge is 2.11. The van der Waals surface area contributed by atoms with Crippen molar-refractivity contribution >= 4 is 11.9 Å². The summed E-state index contributed by atoms with van der Waals surface area (Å²) >= 11 is 0. The molecule has 0 aliphatic carbocycles.